The van der Waals surface area contributed by atoms with Gasteiger partial charge >= 0.3 is 0 Å². The molecule has 6 rings (SSSR count). The number of amides is 1. The number of hydrogen-bond acceptors (Lipinski definition) is 1. The van der Waals surface area contributed by atoms with Crippen LogP contribution in [0.2, 0.25) is 0 Å². The normalized spacial score (nSPS) is 14.2. The molecule has 4 bridgehead atoms. The van der Waals surface area contributed by atoms with Gasteiger partial charge in [-0.15, -0.1) is 0 Å². The minimum absolute atomic E-state index is 0.0420. The third-order valence-electron chi connectivity index (χ3n) is 4.32. The highest BCUT2D eigenvalue weighted by Gasteiger charge is 2.18. The first kappa shape index (κ1) is 15.8. The zero-order chi connectivity index (χ0) is 16.4. The molecule has 120 valence electrons. The van der Waals surface area contributed by atoms with E-state index in [9.17, 15) is 4.79 Å². The number of rotatable bonds is 1. The summed E-state index contributed by atoms with van der Waals surface area (Å²) in [5.41, 5.74) is 5.69. The largest absolute Gasteiger partial charge is 0.347 e. The Labute approximate surface area is 138 Å². The van der Waals surface area contributed by atoms with Gasteiger partial charge in [-0.3, -0.25) is 4.79 Å². The number of benzene rings is 2. The first-order chi connectivity index (χ1) is 10.9. The maximum absolute atomic E-state index is 12.7. The Morgan fingerprint density at radius 3 is 1.96 bits per heavy atom. The van der Waals surface area contributed by atoms with Crippen molar-refractivity contribution in [2.75, 3.05) is 0 Å². The van der Waals surface area contributed by atoms with E-state index in [0.717, 1.165) is 36.8 Å². The number of carbonyl (C=O) groups excluding carboxylic acids is 1. The second-order valence-corrected chi connectivity index (χ2v) is 7.51. The molecule has 0 spiro atoms. The minimum atomic E-state index is -0.217. The standard InChI is InChI=1S/C21H25NO/c1-21(2,3)22-20(23)19-14-17-9-8-15-4-6-16(7-5-15)10-12-18(19)13-11-17/h4-7,11,13-14H,8-10,12H2,1-3H3,(H,22,23). The Kier molecular flexibility index (Phi) is 4.25. The highest BCUT2D eigenvalue weighted by atomic mass is 16.1. The van der Waals surface area contributed by atoms with E-state index in [0.29, 0.717) is 0 Å². The molecule has 1 amide bonds. The number of carbonyl (C=O) groups is 1. The molecule has 0 fully saturated rings. The maximum atomic E-state index is 12.7. The van der Waals surface area contributed by atoms with Crippen molar-refractivity contribution in [2.45, 2.75) is 52.0 Å². The van der Waals surface area contributed by atoms with Gasteiger partial charge in [0.15, 0.2) is 0 Å². The topological polar surface area (TPSA) is 29.1 Å². The minimum Gasteiger partial charge on any atom is -0.347 e. The number of aryl methyl sites for hydroxylation is 4. The number of nitrogens with one attached hydrogen (secondary N) is 1. The van der Waals surface area contributed by atoms with Crippen LogP contribution in [0.3, 0.4) is 0 Å². The van der Waals surface area contributed by atoms with Crippen molar-refractivity contribution < 1.29 is 4.79 Å². The Morgan fingerprint density at radius 1 is 0.826 bits per heavy atom. The fourth-order valence-electron chi connectivity index (χ4n) is 3.06. The Hall–Kier alpha value is -2.09. The molecule has 0 unspecified atom stereocenters. The lowest BCUT2D eigenvalue weighted by atomic mass is 9.92. The molecule has 0 saturated carbocycles. The number of hydrogen-bond donors (Lipinski definition) is 1. The molecule has 1 N–H and O–H groups in total. The van der Waals surface area contributed by atoms with E-state index in [1.54, 1.807) is 0 Å². The predicted octanol–water partition coefficient (Wildman–Crippen LogP) is 4.10. The van der Waals surface area contributed by atoms with E-state index >= 15 is 0 Å². The lowest BCUT2D eigenvalue weighted by molar-refractivity contribution is 0.0918. The molecule has 2 aromatic rings. The lowest BCUT2D eigenvalue weighted by Crippen LogP contribution is -2.41. The molecule has 0 heterocycles. The van der Waals surface area contributed by atoms with Crippen LogP contribution in [0.5, 0.6) is 0 Å². The molecule has 0 aliphatic heterocycles. The van der Waals surface area contributed by atoms with Crippen LogP contribution in [0.4, 0.5) is 0 Å². The predicted molar refractivity (Wildman–Crippen MR) is 94.9 cm³/mol. The second-order valence-electron chi connectivity index (χ2n) is 7.51. The summed E-state index contributed by atoms with van der Waals surface area (Å²) >= 11 is 0. The second kappa shape index (κ2) is 6.19. The SMILES string of the molecule is CC(C)(C)NC(=O)c1cc2ccc1CCc1ccc(cc1)CC2. The van der Waals surface area contributed by atoms with Gasteiger partial charge in [-0.05, 0) is 74.8 Å². The van der Waals surface area contributed by atoms with Gasteiger partial charge in [0.2, 0.25) is 0 Å². The zero-order valence-corrected chi connectivity index (χ0v) is 14.3. The summed E-state index contributed by atoms with van der Waals surface area (Å²) in [6.07, 6.45) is 3.84. The summed E-state index contributed by atoms with van der Waals surface area (Å²) in [7, 11) is 0. The lowest BCUT2D eigenvalue weighted by Gasteiger charge is -2.22. The molecule has 2 aromatic carbocycles. The maximum Gasteiger partial charge on any atom is 0.251 e. The van der Waals surface area contributed by atoms with Crippen molar-refractivity contribution in [1.29, 1.82) is 0 Å². The van der Waals surface area contributed by atoms with Crippen molar-refractivity contribution in [3.63, 3.8) is 0 Å². The summed E-state index contributed by atoms with van der Waals surface area (Å²) < 4.78 is 0. The molecular weight excluding hydrogens is 282 g/mol. The summed E-state index contributed by atoms with van der Waals surface area (Å²) in [5.74, 6) is 0.0420. The van der Waals surface area contributed by atoms with Gasteiger partial charge in [-0.2, -0.15) is 0 Å². The molecule has 4 aliphatic rings. The van der Waals surface area contributed by atoms with Crippen LogP contribution < -0.4 is 5.32 Å². The van der Waals surface area contributed by atoms with Gasteiger partial charge in [0.25, 0.3) is 5.91 Å². The first-order valence-corrected chi connectivity index (χ1v) is 8.43. The average molecular weight is 307 g/mol. The Balaban J connectivity index is 1.95. The Bertz CT molecular complexity index is 708. The smallest absolute Gasteiger partial charge is 0.251 e. The molecular formula is C21H25NO. The van der Waals surface area contributed by atoms with Crippen molar-refractivity contribution in [3.8, 4) is 0 Å². The summed E-state index contributed by atoms with van der Waals surface area (Å²) in [6, 6.07) is 15.3. The molecule has 4 aliphatic carbocycles. The van der Waals surface area contributed by atoms with Crippen LogP contribution in [-0.2, 0) is 25.7 Å². The van der Waals surface area contributed by atoms with Crippen molar-refractivity contribution in [3.05, 3.63) is 70.3 Å². The van der Waals surface area contributed by atoms with Crippen LogP contribution >= 0.6 is 0 Å². The van der Waals surface area contributed by atoms with Crippen LogP contribution in [0.1, 0.15) is 53.4 Å². The van der Waals surface area contributed by atoms with Gasteiger partial charge in [-0.25, -0.2) is 0 Å². The molecule has 2 nitrogen and oxygen atoms in total. The van der Waals surface area contributed by atoms with Crippen LogP contribution in [0.25, 0.3) is 0 Å². The highest BCUT2D eigenvalue weighted by Crippen LogP contribution is 2.20. The van der Waals surface area contributed by atoms with Gasteiger partial charge < -0.3 is 5.32 Å². The van der Waals surface area contributed by atoms with Crippen LogP contribution in [0, 0.1) is 0 Å². The van der Waals surface area contributed by atoms with Crippen LogP contribution in [0.15, 0.2) is 42.5 Å². The van der Waals surface area contributed by atoms with Gasteiger partial charge in [-0.1, -0.05) is 36.4 Å². The first-order valence-electron chi connectivity index (χ1n) is 8.43. The van der Waals surface area contributed by atoms with Crippen molar-refractivity contribution in [2.24, 2.45) is 0 Å². The van der Waals surface area contributed by atoms with E-state index in [1.807, 2.05) is 20.8 Å². The average Bonchev–Trinajstić information content (AvgIpc) is 2.48. The summed E-state index contributed by atoms with van der Waals surface area (Å²) in [4.78, 5) is 12.7. The molecule has 0 aromatic heterocycles. The zero-order valence-electron chi connectivity index (χ0n) is 14.3. The van der Waals surface area contributed by atoms with E-state index in [1.165, 1.54) is 16.7 Å². The van der Waals surface area contributed by atoms with E-state index in [4.69, 9.17) is 0 Å². The molecule has 2 heteroatoms. The third-order valence-corrected chi connectivity index (χ3v) is 4.32. The summed E-state index contributed by atoms with van der Waals surface area (Å²) in [6.45, 7) is 6.06. The van der Waals surface area contributed by atoms with E-state index < -0.39 is 0 Å². The van der Waals surface area contributed by atoms with Gasteiger partial charge in [0, 0.05) is 11.1 Å². The molecule has 23 heavy (non-hydrogen) atoms. The quantitative estimate of drug-likeness (QED) is 0.844. The van der Waals surface area contributed by atoms with E-state index in [-0.39, 0.29) is 11.4 Å². The van der Waals surface area contributed by atoms with Gasteiger partial charge in [0.1, 0.15) is 0 Å². The fraction of sp³-hybridized carbons (Fsp3) is 0.381. The van der Waals surface area contributed by atoms with Gasteiger partial charge in [0.05, 0.1) is 0 Å². The van der Waals surface area contributed by atoms with E-state index in [2.05, 4.69) is 47.8 Å². The highest BCUT2D eigenvalue weighted by molar-refractivity contribution is 5.96. The molecule has 0 saturated heterocycles. The van der Waals surface area contributed by atoms with Crippen LogP contribution in [-0.4, -0.2) is 11.4 Å². The molecule has 0 atom stereocenters. The van der Waals surface area contributed by atoms with Crippen molar-refractivity contribution >= 4 is 5.91 Å². The fourth-order valence-corrected chi connectivity index (χ4v) is 3.06. The molecule has 0 radical (unpaired) electrons. The third kappa shape index (κ3) is 4.01. The summed E-state index contributed by atoms with van der Waals surface area (Å²) in [5, 5.41) is 3.10. The monoisotopic (exact) mass is 307 g/mol. The Morgan fingerprint density at radius 2 is 1.35 bits per heavy atom. The van der Waals surface area contributed by atoms with Crippen molar-refractivity contribution in [1.82, 2.24) is 5.32 Å².